The van der Waals surface area contributed by atoms with E-state index in [9.17, 15) is 8.78 Å². The third-order valence-electron chi connectivity index (χ3n) is 6.74. The van der Waals surface area contributed by atoms with Crippen LogP contribution in [0.1, 0.15) is 32.1 Å². The molecular weight excluding hydrogens is 392 g/mol. The number of halogens is 2. The Balaban J connectivity index is 1.34. The minimum absolute atomic E-state index is 0.396. The van der Waals surface area contributed by atoms with Gasteiger partial charge in [0.05, 0.1) is 5.82 Å². The topological polar surface area (TPSA) is 18.5 Å². The van der Waals surface area contributed by atoms with Gasteiger partial charge in [0.2, 0.25) is 0 Å². The first-order valence-electron chi connectivity index (χ1n) is 11.1. The lowest BCUT2D eigenvalue weighted by Crippen LogP contribution is -2.36. The van der Waals surface area contributed by atoms with E-state index >= 15 is 0 Å². The highest BCUT2D eigenvalue weighted by atomic mass is 19.1. The van der Waals surface area contributed by atoms with Gasteiger partial charge in [-0.25, -0.2) is 8.78 Å². The SMILES string of the molecule is C=C(C1CCCC1)N1CC[C@H](N(C)C(=C)Nc2ccc(-c3cc(F)cc(F)c3)cc2)C1. The van der Waals surface area contributed by atoms with E-state index in [0.717, 1.165) is 42.6 Å². The van der Waals surface area contributed by atoms with Crippen molar-refractivity contribution in [1.82, 2.24) is 9.80 Å². The Morgan fingerprint density at radius 1 is 0.968 bits per heavy atom. The van der Waals surface area contributed by atoms with Crippen LogP contribution in [0.5, 0.6) is 0 Å². The molecule has 1 aliphatic carbocycles. The first kappa shape index (κ1) is 21.4. The van der Waals surface area contributed by atoms with E-state index in [0.29, 0.717) is 17.5 Å². The summed E-state index contributed by atoms with van der Waals surface area (Å²) in [6.07, 6.45) is 6.31. The van der Waals surface area contributed by atoms with Gasteiger partial charge in [-0.3, -0.25) is 0 Å². The van der Waals surface area contributed by atoms with E-state index in [1.54, 1.807) is 0 Å². The predicted molar refractivity (Wildman–Crippen MR) is 123 cm³/mol. The highest BCUT2D eigenvalue weighted by Gasteiger charge is 2.30. The van der Waals surface area contributed by atoms with Crippen molar-refractivity contribution in [3.63, 3.8) is 0 Å². The molecule has 1 aliphatic heterocycles. The Hall–Kier alpha value is -2.82. The number of nitrogens with zero attached hydrogens (tertiary/aromatic N) is 2. The molecule has 1 saturated heterocycles. The summed E-state index contributed by atoms with van der Waals surface area (Å²) in [5, 5.41) is 3.36. The molecule has 1 heterocycles. The van der Waals surface area contributed by atoms with Crippen molar-refractivity contribution in [3.05, 3.63) is 78.8 Å². The summed E-state index contributed by atoms with van der Waals surface area (Å²) >= 11 is 0. The van der Waals surface area contributed by atoms with Gasteiger partial charge in [-0.05, 0) is 60.6 Å². The molecule has 31 heavy (non-hydrogen) atoms. The molecule has 0 radical (unpaired) electrons. The Bertz CT molecular complexity index is 927. The number of likely N-dealkylation sites (N-methyl/N-ethyl adjacent to an activating group) is 1. The average Bonchev–Trinajstić information content (AvgIpc) is 3.45. The number of allylic oxidation sites excluding steroid dienone is 1. The molecule has 4 rings (SSSR count). The third kappa shape index (κ3) is 4.92. The maximum absolute atomic E-state index is 13.5. The van der Waals surface area contributed by atoms with E-state index in [1.165, 1.54) is 43.5 Å². The van der Waals surface area contributed by atoms with Crippen molar-refractivity contribution in [1.29, 1.82) is 0 Å². The van der Waals surface area contributed by atoms with Crippen molar-refractivity contribution in [2.24, 2.45) is 5.92 Å². The van der Waals surface area contributed by atoms with Crippen molar-refractivity contribution in [2.45, 2.75) is 38.1 Å². The Morgan fingerprint density at radius 2 is 1.61 bits per heavy atom. The maximum atomic E-state index is 13.5. The van der Waals surface area contributed by atoms with Gasteiger partial charge in [-0.2, -0.15) is 0 Å². The van der Waals surface area contributed by atoms with Crippen LogP contribution in [0, 0.1) is 17.6 Å². The van der Waals surface area contributed by atoms with Crippen LogP contribution in [0.4, 0.5) is 14.5 Å². The molecule has 164 valence electrons. The van der Waals surface area contributed by atoms with Crippen molar-refractivity contribution >= 4 is 5.69 Å². The molecule has 0 amide bonds. The van der Waals surface area contributed by atoms with Gasteiger partial charge in [-0.15, -0.1) is 0 Å². The van der Waals surface area contributed by atoms with Crippen LogP contribution in [-0.2, 0) is 0 Å². The van der Waals surface area contributed by atoms with Crippen molar-refractivity contribution < 1.29 is 8.78 Å². The monoisotopic (exact) mass is 423 g/mol. The summed E-state index contributed by atoms with van der Waals surface area (Å²) < 4.78 is 27.0. The molecule has 2 fully saturated rings. The van der Waals surface area contributed by atoms with Gasteiger partial charge in [0.1, 0.15) is 11.6 Å². The van der Waals surface area contributed by atoms with Crippen molar-refractivity contribution in [3.8, 4) is 11.1 Å². The van der Waals surface area contributed by atoms with Crippen LogP contribution < -0.4 is 5.32 Å². The van der Waals surface area contributed by atoms with Gasteiger partial charge >= 0.3 is 0 Å². The second-order valence-electron chi connectivity index (χ2n) is 8.78. The van der Waals surface area contributed by atoms with E-state index in [4.69, 9.17) is 0 Å². The number of nitrogens with one attached hydrogen (secondary N) is 1. The summed E-state index contributed by atoms with van der Waals surface area (Å²) in [5.41, 5.74) is 3.49. The predicted octanol–water partition coefficient (Wildman–Crippen LogP) is 6.22. The molecule has 5 heteroatoms. The number of hydrogen-bond acceptors (Lipinski definition) is 3. The fraction of sp³-hybridized carbons (Fsp3) is 0.385. The molecule has 0 spiro atoms. The van der Waals surface area contributed by atoms with Crippen molar-refractivity contribution in [2.75, 3.05) is 25.5 Å². The average molecular weight is 424 g/mol. The molecule has 0 bridgehead atoms. The Kier molecular flexibility index (Phi) is 6.30. The third-order valence-corrected chi connectivity index (χ3v) is 6.74. The molecule has 2 aromatic carbocycles. The molecule has 3 nitrogen and oxygen atoms in total. The highest BCUT2D eigenvalue weighted by molar-refractivity contribution is 5.66. The molecule has 0 unspecified atom stereocenters. The van der Waals surface area contributed by atoms with Gasteiger partial charge < -0.3 is 15.1 Å². The van der Waals surface area contributed by atoms with Gasteiger partial charge in [0.25, 0.3) is 0 Å². The number of rotatable bonds is 7. The van der Waals surface area contributed by atoms with Crippen LogP contribution in [0.15, 0.2) is 67.1 Å². The quantitative estimate of drug-likeness (QED) is 0.570. The number of anilines is 1. The van der Waals surface area contributed by atoms with Crippen LogP contribution in [0.2, 0.25) is 0 Å². The Labute approximate surface area is 184 Å². The standard InChI is InChI=1S/C26H31F2N3/c1-18(20-6-4-5-7-20)31-13-12-26(17-31)30(3)19(2)29-25-10-8-21(9-11-25)22-14-23(27)16-24(28)15-22/h8-11,14-16,20,26,29H,1-2,4-7,12-13,17H2,3H3/t26-/m0/s1. The van der Waals surface area contributed by atoms with Crippen LogP contribution in [0.3, 0.4) is 0 Å². The van der Waals surface area contributed by atoms with E-state index in [1.807, 2.05) is 24.3 Å². The van der Waals surface area contributed by atoms with Crippen LogP contribution >= 0.6 is 0 Å². The number of benzene rings is 2. The second kappa shape index (κ2) is 9.13. The minimum atomic E-state index is -0.576. The lowest BCUT2D eigenvalue weighted by atomic mass is 10.0. The fourth-order valence-corrected chi connectivity index (χ4v) is 4.78. The lowest BCUT2D eigenvalue weighted by molar-refractivity contribution is 0.290. The zero-order chi connectivity index (χ0) is 22.0. The lowest BCUT2D eigenvalue weighted by Gasteiger charge is -2.31. The highest BCUT2D eigenvalue weighted by Crippen LogP contribution is 2.34. The number of hydrogen-bond donors (Lipinski definition) is 1. The molecule has 0 aromatic heterocycles. The zero-order valence-electron chi connectivity index (χ0n) is 18.2. The summed E-state index contributed by atoms with van der Waals surface area (Å²) in [6, 6.07) is 11.5. The second-order valence-corrected chi connectivity index (χ2v) is 8.78. The number of likely N-dealkylation sites (tertiary alicyclic amines) is 1. The van der Waals surface area contributed by atoms with Crippen LogP contribution in [-0.4, -0.2) is 36.0 Å². The van der Waals surface area contributed by atoms with E-state index < -0.39 is 11.6 Å². The first-order valence-corrected chi connectivity index (χ1v) is 11.1. The summed E-state index contributed by atoms with van der Waals surface area (Å²) in [5.74, 6) is 0.347. The largest absolute Gasteiger partial charge is 0.373 e. The fourth-order valence-electron chi connectivity index (χ4n) is 4.78. The molecule has 1 N–H and O–H groups in total. The molecular formula is C26H31F2N3. The van der Waals surface area contributed by atoms with E-state index in [-0.39, 0.29) is 0 Å². The normalized spacial score (nSPS) is 18.9. The minimum Gasteiger partial charge on any atom is -0.373 e. The Morgan fingerprint density at radius 3 is 2.26 bits per heavy atom. The molecule has 2 aliphatic rings. The first-order chi connectivity index (χ1) is 14.9. The summed E-state index contributed by atoms with van der Waals surface area (Å²) in [4.78, 5) is 4.66. The molecule has 1 saturated carbocycles. The maximum Gasteiger partial charge on any atom is 0.126 e. The zero-order valence-corrected chi connectivity index (χ0v) is 18.2. The van der Waals surface area contributed by atoms with Crippen LogP contribution in [0.25, 0.3) is 11.1 Å². The van der Waals surface area contributed by atoms with Gasteiger partial charge in [0.15, 0.2) is 0 Å². The van der Waals surface area contributed by atoms with Gasteiger partial charge in [0, 0.05) is 43.6 Å². The smallest absolute Gasteiger partial charge is 0.126 e. The molecule has 2 aromatic rings. The van der Waals surface area contributed by atoms with Gasteiger partial charge in [-0.1, -0.05) is 38.1 Å². The van der Waals surface area contributed by atoms with E-state index in [2.05, 4.69) is 35.3 Å². The summed E-state index contributed by atoms with van der Waals surface area (Å²) in [6.45, 7) is 10.6. The summed E-state index contributed by atoms with van der Waals surface area (Å²) in [7, 11) is 2.08. The molecule has 1 atom stereocenters.